The number of nitrogens with zero attached hydrogens (tertiary/aromatic N) is 5. The molecule has 1 fully saturated rings. The van der Waals surface area contributed by atoms with Crippen molar-refractivity contribution < 1.29 is 27.8 Å². The maximum atomic E-state index is 12.9. The third-order valence-electron chi connectivity index (χ3n) is 5.39. The van der Waals surface area contributed by atoms with Crippen molar-refractivity contribution in [3.63, 3.8) is 0 Å². The van der Waals surface area contributed by atoms with Crippen LogP contribution in [-0.4, -0.2) is 60.4 Å². The van der Waals surface area contributed by atoms with Crippen LogP contribution in [0.4, 0.5) is 35.9 Å². The van der Waals surface area contributed by atoms with Crippen LogP contribution in [0, 0.1) is 20.2 Å². The zero-order valence-electron chi connectivity index (χ0n) is 17.5. The summed E-state index contributed by atoms with van der Waals surface area (Å²) in [5.41, 5.74) is -1.21. The number of rotatable bonds is 6. The molecular weight excluding hydrogens is 447 g/mol. The Morgan fingerprint density at radius 2 is 1.61 bits per heavy atom. The largest absolute Gasteiger partial charge is 0.416 e. The van der Waals surface area contributed by atoms with Crippen molar-refractivity contribution in [2.75, 3.05) is 49.6 Å². The Labute approximate surface area is 186 Å². The number of likely N-dealkylation sites (N-methyl/N-ethyl adjacent to an activating group) is 1. The maximum Gasteiger partial charge on any atom is 0.416 e. The highest BCUT2D eigenvalue weighted by Crippen LogP contribution is 2.36. The number of piperazine rings is 1. The van der Waals surface area contributed by atoms with Crippen molar-refractivity contribution in [3.05, 3.63) is 68.3 Å². The van der Waals surface area contributed by atoms with Gasteiger partial charge in [0, 0.05) is 57.1 Å². The molecule has 33 heavy (non-hydrogen) atoms. The molecule has 13 heteroatoms. The molecular formula is C20H20F3N5O5. The maximum absolute atomic E-state index is 12.9. The van der Waals surface area contributed by atoms with Crippen LogP contribution in [0.2, 0.25) is 0 Å². The summed E-state index contributed by atoms with van der Waals surface area (Å²) >= 11 is 0. The van der Waals surface area contributed by atoms with E-state index in [0.717, 1.165) is 12.1 Å². The van der Waals surface area contributed by atoms with Crippen molar-refractivity contribution in [2.24, 2.45) is 0 Å². The lowest BCUT2D eigenvalue weighted by molar-refractivity contribution is -0.384. The summed E-state index contributed by atoms with van der Waals surface area (Å²) < 4.78 is 38.7. The number of nitro benzene ring substituents is 2. The molecule has 0 spiro atoms. The van der Waals surface area contributed by atoms with E-state index in [-0.39, 0.29) is 23.8 Å². The van der Waals surface area contributed by atoms with Gasteiger partial charge < -0.3 is 9.80 Å². The molecule has 1 aliphatic rings. The van der Waals surface area contributed by atoms with E-state index in [1.807, 2.05) is 4.90 Å². The highest BCUT2D eigenvalue weighted by molar-refractivity contribution is 5.94. The van der Waals surface area contributed by atoms with Crippen molar-refractivity contribution in [3.8, 4) is 0 Å². The molecule has 0 aromatic heterocycles. The summed E-state index contributed by atoms with van der Waals surface area (Å²) in [5, 5.41) is 22.1. The molecule has 1 saturated heterocycles. The zero-order chi connectivity index (χ0) is 24.3. The van der Waals surface area contributed by atoms with Crippen LogP contribution in [-0.2, 0) is 11.0 Å². The quantitative estimate of drug-likeness (QED) is 0.473. The molecule has 0 N–H and O–H groups in total. The highest BCUT2D eigenvalue weighted by atomic mass is 19.4. The second-order valence-electron chi connectivity index (χ2n) is 7.45. The van der Waals surface area contributed by atoms with Gasteiger partial charge in [0.25, 0.3) is 11.4 Å². The molecule has 0 bridgehead atoms. The lowest BCUT2D eigenvalue weighted by Gasteiger charge is -2.36. The van der Waals surface area contributed by atoms with Gasteiger partial charge in [-0.15, -0.1) is 0 Å². The molecule has 176 valence electrons. The van der Waals surface area contributed by atoms with Gasteiger partial charge in [-0.25, -0.2) is 0 Å². The lowest BCUT2D eigenvalue weighted by atomic mass is 10.1. The molecule has 2 aromatic carbocycles. The summed E-state index contributed by atoms with van der Waals surface area (Å²) in [4.78, 5) is 38.1. The van der Waals surface area contributed by atoms with Crippen LogP contribution < -0.4 is 9.80 Å². The first-order chi connectivity index (χ1) is 15.5. The molecule has 0 atom stereocenters. The normalized spacial score (nSPS) is 14.7. The number of amides is 1. The Morgan fingerprint density at radius 3 is 2.12 bits per heavy atom. The Balaban J connectivity index is 1.62. The first kappa shape index (κ1) is 23.9. The van der Waals surface area contributed by atoms with Gasteiger partial charge in [0.05, 0.1) is 22.0 Å². The number of carbonyl (C=O) groups is 1. The van der Waals surface area contributed by atoms with Gasteiger partial charge in [-0.2, -0.15) is 13.2 Å². The molecule has 0 saturated carbocycles. The second-order valence-corrected chi connectivity index (χ2v) is 7.45. The minimum atomic E-state index is -4.68. The number of nitro groups is 2. The van der Waals surface area contributed by atoms with Gasteiger partial charge in [0.1, 0.15) is 5.69 Å². The van der Waals surface area contributed by atoms with E-state index >= 15 is 0 Å². The van der Waals surface area contributed by atoms with Crippen LogP contribution in [0.1, 0.15) is 5.56 Å². The lowest BCUT2D eigenvalue weighted by Crippen LogP contribution is -2.50. The van der Waals surface area contributed by atoms with E-state index in [4.69, 9.17) is 0 Å². The SMILES string of the molecule is CN(C(=O)CN1CCN(c2ccc(C(F)(F)F)cc2[N+](=O)[O-])CC1)c1ccc([N+](=O)[O-])cc1. The van der Waals surface area contributed by atoms with Gasteiger partial charge in [0.15, 0.2) is 0 Å². The summed E-state index contributed by atoms with van der Waals surface area (Å²) in [6, 6.07) is 7.99. The average molecular weight is 467 g/mol. The van der Waals surface area contributed by atoms with Crippen LogP contribution in [0.15, 0.2) is 42.5 Å². The molecule has 2 aromatic rings. The van der Waals surface area contributed by atoms with Gasteiger partial charge in [-0.05, 0) is 24.3 Å². The minimum absolute atomic E-state index is 0.0520. The number of hydrogen-bond donors (Lipinski definition) is 0. The number of hydrogen-bond acceptors (Lipinski definition) is 7. The van der Waals surface area contributed by atoms with E-state index < -0.39 is 27.3 Å². The van der Waals surface area contributed by atoms with E-state index in [9.17, 15) is 38.2 Å². The van der Waals surface area contributed by atoms with Gasteiger partial charge >= 0.3 is 6.18 Å². The Bertz CT molecular complexity index is 1050. The predicted octanol–water partition coefficient (Wildman–Crippen LogP) is 3.31. The van der Waals surface area contributed by atoms with Crippen LogP contribution in [0.5, 0.6) is 0 Å². The Kier molecular flexibility index (Phi) is 6.81. The minimum Gasteiger partial charge on any atom is -0.363 e. The van der Waals surface area contributed by atoms with Gasteiger partial charge in [-0.1, -0.05) is 0 Å². The first-order valence-corrected chi connectivity index (χ1v) is 9.81. The summed E-state index contributed by atoms with van der Waals surface area (Å²) in [7, 11) is 1.55. The Hall–Kier alpha value is -3.74. The van der Waals surface area contributed by atoms with E-state index in [2.05, 4.69) is 0 Å². The summed E-state index contributed by atoms with van der Waals surface area (Å²) in [6.07, 6.45) is -4.68. The zero-order valence-corrected chi connectivity index (χ0v) is 17.5. The fourth-order valence-electron chi connectivity index (χ4n) is 3.50. The molecule has 10 nitrogen and oxygen atoms in total. The van der Waals surface area contributed by atoms with Crippen LogP contribution >= 0.6 is 0 Å². The fraction of sp³-hybridized carbons (Fsp3) is 0.350. The second kappa shape index (κ2) is 9.40. The molecule has 3 rings (SSSR count). The van der Waals surface area contributed by atoms with Crippen molar-refractivity contribution in [2.45, 2.75) is 6.18 Å². The molecule has 1 aliphatic heterocycles. The number of halogens is 3. The van der Waals surface area contributed by atoms with Crippen LogP contribution in [0.3, 0.4) is 0 Å². The summed E-state index contributed by atoms with van der Waals surface area (Å²) in [5.74, 6) is -0.252. The third kappa shape index (κ3) is 5.55. The smallest absolute Gasteiger partial charge is 0.363 e. The fourth-order valence-corrected chi connectivity index (χ4v) is 3.50. The number of non-ortho nitro benzene ring substituents is 1. The standard InChI is InChI=1S/C20H20F3N5O5/c1-24(15-3-5-16(6-4-15)27(30)31)19(29)13-25-8-10-26(11-9-25)17-7-2-14(20(21,22)23)12-18(17)28(32)33/h2-7,12H,8-11,13H2,1H3. The van der Waals surface area contributed by atoms with Crippen molar-refractivity contribution >= 4 is 28.7 Å². The Morgan fingerprint density at radius 1 is 1.00 bits per heavy atom. The number of anilines is 2. The molecule has 0 aliphatic carbocycles. The van der Waals surface area contributed by atoms with Gasteiger partial charge in [0.2, 0.25) is 5.91 Å². The van der Waals surface area contributed by atoms with Crippen molar-refractivity contribution in [1.82, 2.24) is 4.90 Å². The van der Waals surface area contributed by atoms with Gasteiger partial charge in [-0.3, -0.25) is 29.9 Å². The monoisotopic (exact) mass is 467 g/mol. The highest BCUT2D eigenvalue weighted by Gasteiger charge is 2.34. The topological polar surface area (TPSA) is 113 Å². The van der Waals surface area contributed by atoms with Crippen molar-refractivity contribution in [1.29, 1.82) is 0 Å². The number of carbonyl (C=O) groups excluding carboxylic acids is 1. The molecule has 0 unspecified atom stereocenters. The molecule has 0 radical (unpaired) electrons. The average Bonchev–Trinajstić information content (AvgIpc) is 2.78. The van der Waals surface area contributed by atoms with E-state index in [1.165, 1.54) is 29.2 Å². The van der Waals surface area contributed by atoms with E-state index in [1.54, 1.807) is 11.9 Å². The molecule has 1 heterocycles. The first-order valence-electron chi connectivity index (χ1n) is 9.81. The third-order valence-corrected chi connectivity index (χ3v) is 5.39. The van der Waals surface area contributed by atoms with Crippen LogP contribution in [0.25, 0.3) is 0 Å². The number of benzene rings is 2. The molecule has 1 amide bonds. The summed E-state index contributed by atoms with van der Waals surface area (Å²) in [6.45, 7) is 1.38. The number of alkyl halides is 3. The predicted molar refractivity (Wildman–Crippen MR) is 113 cm³/mol. The van der Waals surface area contributed by atoms with E-state index in [0.29, 0.717) is 37.9 Å².